The number of nitrogens with zero attached hydrogens (tertiary/aromatic N) is 5. The molecule has 2 heterocycles. The van der Waals surface area contributed by atoms with E-state index in [2.05, 4.69) is 25.5 Å². The Hall–Kier alpha value is -2.25. The molecule has 2 aromatic rings. The lowest BCUT2D eigenvalue weighted by molar-refractivity contribution is -0.124. The third-order valence-corrected chi connectivity index (χ3v) is 3.80. The highest BCUT2D eigenvalue weighted by atomic mass is 16.5. The minimum atomic E-state index is -0.386. The van der Waals surface area contributed by atoms with Gasteiger partial charge in [-0.3, -0.25) is 4.79 Å². The van der Waals surface area contributed by atoms with Crippen LogP contribution in [-0.4, -0.2) is 37.4 Å². The van der Waals surface area contributed by atoms with E-state index in [1.165, 1.54) is 23.8 Å². The van der Waals surface area contributed by atoms with E-state index in [-0.39, 0.29) is 11.9 Å². The molecule has 8 heteroatoms. The van der Waals surface area contributed by atoms with Crippen molar-refractivity contribution in [2.24, 2.45) is 0 Å². The maximum Gasteiger partial charge on any atom is 0.244 e. The molecule has 0 bridgehead atoms. The van der Waals surface area contributed by atoms with E-state index in [1.807, 2.05) is 0 Å². The summed E-state index contributed by atoms with van der Waals surface area (Å²) in [6.07, 6.45) is 6.99. The van der Waals surface area contributed by atoms with Crippen molar-refractivity contribution in [2.45, 2.75) is 44.6 Å². The largest absolute Gasteiger partial charge is 0.354 e. The second kappa shape index (κ2) is 6.02. The molecule has 0 saturated heterocycles. The van der Waals surface area contributed by atoms with Gasteiger partial charge in [0, 0.05) is 18.9 Å². The number of nitrogens with one attached hydrogen (secondary N) is 1. The van der Waals surface area contributed by atoms with Crippen molar-refractivity contribution in [1.82, 2.24) is 30.2 Å². The maximum atomic E-state index is 11.9. The summed E-state index contributed by atoms with van der Waals surface area (Å²) >= 11 is 0. The van der Waals surface area contributed by atoms with Crippen LogP contribution in [0.5, 0.6) is 0 Å². The second-order valence-corrected chi connectivity index (χ2v) is 5.27. The molecule has 0 aromatic carbocycles. The quantitative estimate of drug-likeness (QED) is 0.846. The Balaban J connectivity index is 1.45. The molecule has 2 aromatic heterocycles. The number of carbonyl (C=O) groups excluding carboxylic acids is 1. The first kappa shape index (κ1) is 13.7. The van der Waals surface area contributed by atoms with E-state index < -0.39 is 0 Å². The second-order valence-electron chi connectivity index (χ2n) is 5.27. The van der Waals surface area contributed by atoms with Crippen LogP contribution in [0.15, 0.2) is 17.2 Å². The average Bonchev–Trinajstić information content (AvgIpc) is 3.07. The highest BCUT2D eigenvalue weighted by molar-refractivity contribution is 5.79. The summed E-state index contributed by atoms with van der Waals surface area (Å²) in [4.78, 5) is 20.1. The Bertz CT molecular complexity index is 590. The number of aromatic nitrogens is 5. The Kier molecular flexibility index (Phi) is 3.94. The highest BCUT2D eigenvalue weighted by Gasteiger charge is 2.25. The maximum absolute atomic E-state index is 11.9. The summed E-state index contributed by atoms with van der Waals surface area (Å²) < 4.78 is 6.75. The molecule has 1 fully saturated rings. The fourth-order valence-corrected chi connectivity index (χ4v) is 2.17. The monoisotopic (exact) mass is 290 g/mol. The van der Waals surface area contributed by atoms with Gasteiger partial charge in [0.2, 0.25) is 11.8 Å². The molecule has 1 N–H and O–H groups in total. The molecule has 0 unspecified atom stereocenters. The standard InChI is InChI=1S/C13H18N6O2/c1-9(19-8-14-7-16-19)12(20)15-6-5-11-17-13(21-18-11)10-3-2-4-10/h7-10H,2-6H2,1H3,(H,15,20)/t9-/m0/s1. The van der Waals surface area contributed by atoms with Crippen molar-refractivity contribution in [3.63, 3.8) is 0 Å². The van der Waals surface area contributed by atoms with E-state index in [0.717, 1.165) is 18.7 Å². The summed E-state index contributed by atoms with van der Waals surface area (Å²) in [6.45, 7) is 2.24. The molecule has 1 saturated carbocycles. The van der Waals surface area contributed by atoms with Crippen molar-refractivity contribution in [3.8, 4) is 0 Å². The predicted molar refractivity (Wildman–Crippen MR) is 72.3 cm³/mol. The van der Waals surface area contributed by atoms with Gasteiger partial charge in [-0.05, 0) is 19.8 Å². The lowest BCUT2D eigenvalue weighted by Gasteiger charge is -2.20. The first-order valence-corrected chi connectivity index (χ1v) is 7.18. The van der Waals surface area contributed by atoms with Crippen LogP contribution in [0.2, 0.25) is 0 Å². The first-order valence-electron chi connectivity index (χ1n) is 7.18. The molecule has 21 heavy (non-hydrogen) atoms. The summed E-state index contributed by atoms with van der Waals surface area (Å²) in [6, 6.07) is -0.386. The van der Waals surface area contributed by atoms with Gasteiger partial charge in [0.25, 0.3) is 0 Å². The number of hydrogen-bond donors (Lipinski definition) is 1. The van der Waals surface area contributed by atoms with Gasteiger partial charge in [0.15, 0.2) is 5.82 Å². The van der Waals surface area contributed by atoms with E-state index in [4.69, 9.17) is 4.52 Å². The minimum Gasteiger partial charge on any atom is -0.354 e. The molecule has 0 aliphatic heterocycles. The molecule has 0 radical (unpaired) electrons. The molecule has 1 aliphatic carbocycles. The zero-order valence-corrected chi connectivity index (χ0v) is 11.9. The molecule has 1 aliphatic rings. The van der Waals surface area contributed by atoms with Crippen LogP contribution in [0.1, 0.15) is 49.9 Å². The fraction of sp³-hybridized carbons (Fsp3) is 0.615. The van der Waals surface area contributed by atoms with Gasteiger partial charge in [0.05, 0.1) is 0 Å². The van der Waals surface area contributed by atoms with Crippen LogP contribution in [0.3, 0.4) is 0 Å². The number of hydrogen-bond acceptors (Lipinski definition) is 6. The predicted octanol–water partition coefficient (Wildman–Crippen LogP) is 0.848. The third-order valence-electron chi connectivity index (χ3n) is 3.80. The van der Waals surface area contributed by atoms with Gasteiger partial charge in [0.1, 0.15) is 18.7 Å². The Labute approximate surface area is 121 Å². The van der Waals surface area contributed by atoms with Crippen molar-refractivity contribution >= 4 is 5.91 Å². The smallest absolute Gasteiger partial charge is 0.244 e. The molecular weight excluding hydrogens is 272 g/mol. The molecule has 0 spiro atoms. The highest BCUT2D eigenvalue weighted by Crippen LogP contribution is 2.35. The third kappa shape index (κ3) is 3.09. The van der Waals surface area contributed by atoms with Crippen molar-refractivity contribution < 1.29 is 9.32 Å². The van der Waals surface area contributed by atoms with Crippen molar-refractivity contribution in [2.75, 3.05) is 6.54 Å². The van der Waals surface area contributed by atoms with Crippen molar-refractivity contribution in [1.29, 1.82) is 0 Å². The number of amides is 1. The summed E-state index contributed by atoms with van der Waals surface area (Å²) in [5.74, 6) is 1.71. The van der Waals surface area contributed by atoms with E-state index in [9.17, 15) is 4.79 Å². The van der Waals surface area contributed by atoms with Crippen LogP contribution < -0.4 is 5.32 Å². The Morgan fingerprint density at radius 2 is 2.43 bits per heavy atom. The molecular formula is C13H18N6O2. The SMILES string of the molecule is C[C@@H](C(=O)NCCc1noc(C2CCC2)n1)n1cncn1. The van der Waals surface area contributed by atoms with Gasteiger partial charge >= 0.3 is 0 Å². The van der Waals surface area contributed by atoms with Crippen LogP contribution in [0.25, 0.3) is 0 Å². The first-order chi connectivity index (χ1) is 10.2. The Morgan fingerprint density at radius 3 is 3.10 bits per heavy atom. The van der Waals surface area contributed by atoms with Crippen LogP contribution >= 0.6 is 0 Å². The lowest BCUT2D eigenvalue weighted by Crippen LogP contribution is -2.32. The minimum absolute atomic E-state index is 0.108. The van der Waals surface area contributed by atoms with Gasteiger partial charge in [-0.25, -0.2) is 9.67 Å². The lowest BCUT2D eigenvalue weighted by atomic mass is 9.85. The summed E-state index contributed by atoms with van der Waals surface area (Å²) in [5, 5.41) is 10.7. The van der Waals surface area contributed by atoms with E-state index in [1.54, 1.807) is 6.92 Å². The summed E-state index contributed by atoms with van der Waals surface area (Å²) in [7, 11) is 0. The van der Waals surface area contributed by atoms with Gasteiger partial charge < -0.3 is 9.84 Å². The molecule has 112 valence electrons. The van der Waals surface area contributed by atoms with E-state index >= 15 is 0 Å². The zero-order chi connectivity index (χ0) is 14.7. The average molecular weight is 290 g/mol. The number of rotatable bonds is 6. The molecule has 1 atom stereocenters. The van der Waals surface area contributed by atoms with Crippen LogP contribution in [0, 0.1) is 0 Å². The summed E-state index contributed by atoms with van der Waals surface area (Å²) in [5.41, 5.74) is 0. The van der Waals surface area contributed by atoms with E-state index in [0.29, 0.717) is 24.7 Å². The Morgan fingerprint density at radius 1 is 1.57 bits per heavy atom. The van der Waals surface area contributed by atoms with Gasteiger partial charge in [-0.1, -0.05) is 11.6 Å². The van der Waals surface area contributed by atoms with Crippen LogP contribution in [0.4, 0.5) is 0 Å². The zero-order valence-electron chi connectivity index (χ0n) is 11.9. The number of carbonyl (C=O) groups is 1. The molecule has 3 rings (SSSR count). The van der Waals surface area contributed by atoms with Crippen molar-refractivity contribution in [3.05, 3.63) is 24.4 Å². The van der Waals surface area contributed by atoms with Gasteiger partial charge in [-0.15, -0.1) is 0 Å². The van der Waals surface area contributed by atoms with Gasteiger partial charge in [-0.2, -0.15) is 10.1 Å². The topological polar surface area (TPSA) is 98.7 Å². The fourth-order valence-electron chi connectivity index (χ4n) is 2.17. The van der Waals surface area contributed by atoms with Crippen LogP contribution in [-0.2, 0) is 11.2 Å². The normalized spacial score (nSPS) is 16.4. The molecule has 8 nitrogen and oxygen atoms in total. The molecule has 1 amide bonds.